The lowest BCUT2D eigenvalue weighted by molar-refractivity contribution is 0.414. The monoisotopic (exact) mass is 330 g/mol. The summed E-state index contributed by atoms with van der Waals surface area (Å²) in [6.07, 6.45) is 1.86. The highest BCUT2D eigenvalue weighted by Crippen LogP contribution is 2.24. The van der Waals surface area contributed by atoms with Crippen molar-refractivity contribution < 1.29 is 9.15 Å². The van der Waals surface area contributed by atoms with Crippen molar-refractivity contribution >= 4 is 26.9 Å². The highest BCUT2D eigenvalue weighted by Gasteiger charge is 2.05. The van der Waals surface area contributed by atoms with Crippen molar-refractivity contribution in [1.29, 1.82) is 0 Å². The van der Waals surface area contributed by atoms with Crippen molar-refractivity contribution in [2.45, 2.75) is 12.8 Å². The van der Waals surface area contributed by atoms with E-state index in [0.717, 1.165) is 39.8 Å². The van der Waals surface area contributed by atoms with Crippen LogP contribution in [0.3, 0.4) is 0 Å². The number of hydrogen-bond acceptors (Lipinski definition) is 2. The summed E-state index contributed by atoms with van der Waals surface area (Å²) in [5, 5.41) is 1.14. The van der Waals surface area contributed by atoms with E-state index in [4.69, 9.17) is 9.15 Å². The van der Waals surface area contributed by atoms with E-state index >= 15 is 0 Å². The van der Waals surface area contributed by atoms with Crippen molar-refractivity contribution in [3.05, 3.63) is 64.3 Å². The zero-order valence-corrected chi connectivity index (χ0v) is 12.8. The average molecular weight is 331 g/mol. The summed E-state index contributed by atoms with van der Waals surface area (Å²) in [6, 6.07) is 16.4. The molecule has 0 N–H and O–H groups in total. The van der Waals surface area contributed by atoms with E-state index in [1.165, 1.54) is 5.56 Å². The number of rotatable bonds is 4. The minimum absolute atomic E-state index is 0.891. The molecule has 0 fully saturated rings. The van der Waals surface area contributed by atoms with Crippen LogP contribution in [0, 0.1) is 0 Å². The first-order valence-electron chi connectivity index (χ1n) is 6.55. The molecule has 0 spiro atoms. The average Bonchev–Trinajstić information content (AvgIpc) is 2.87. The van der Waals surface area contributed by atoms with Crippen LogP contribution in [-0.2, 0) is 12.8 Å². The van der Waals surface area contributed by atoms with E-state index in [2.05, 4.69) is 40.2 Å². The van der Waals surface area contributed by atoms with E-state index < -0.39 is 0 Å². The lowest BCUT2D eigenvalue weighted by atomic mass is 10.1. The standard InChI is InChI=1S/C17H15BrO2/c1-19-15-6-2-12(3-7-15)4-8-16-11-13-10-14(18)5-9-17(13)20-16/h2-3,5-7,9-11H,4,8H2,1H3. The van der Waals surface area contributed by atoms with Gasteiger partial charge in [-0.15, -0.1) is 0 Å². The van der Waals surface area contributed by atoms with Crippen LogP contribution in [-0.4, -0.2) is 7.11 Å². The predicted octanol–water partition coefficient (Wildman–Crippen LogP) is 4.99. The van der Waals surface area contributed by atoms with E-state index in [1.54, 1.807) is 7.11 Å². The minimum atomic E-state index is 0.891. The maximum absolute atomic E-state index is 5.84. The highest BCUT2D eigenvalue weighted by molar-refractivity contribution is 9.10. The summed E-state index contributed by atoms with van der Waals surface area (Å²) in [5.41, 5.74) is 2.23. The second-order valence-electron chi connectivity index (χ2n) is 4.74. The first kappa shape index (κ1) is 13.3. The molecule has 0 amide bonds. The molecular weight excluding hydrogens is 316 g/mol. The van der Waals surface area contributed by atoms with Gasteiger partial charge in [-0.25, -0.2) is 0 Å². The molecule has 20 heavy (non-hydrogen) atoms. The Balaban J connectivity index is 1.72. The number of furan rings is 1. The minimum Gasteiger partial charge on any atom is -0.497 e. The molecule has 3 rings (SSSR count). The number of aryl methyl sites for hydroxylation is 2. The van der Waals surface area contributed by atoms with Gasteiger partial charge in [-0.2, -0.15) is 0 Å². The second-order valence-corrected chi connectivity index (χ2v) is 5.66. The zero-order chi connectivity index (χ0) is 13.9. The van der Waals surface area contributed by atoms with E-state index in [0.29, 0.717) is 0 Å². The molecule has 0 atom stereocenters. The topological polar surface area (TPSA) is 22.4 Å². The van der Waals surface area contributed by atoms with Gasteiger partial charge in [0.1, 0.15) is 17.1 Å². The molecule has 3 heteroatoms. The predicted molar refractivity (Wildman–Crippen MR) is 84.3 cm³/mol. The molecule has 0 saturated carbocycles. The van der Waals surface area contributed by atoms with Crippen LogP contribution in [0.2, 0.25) is 0 Å². The SMILES string of the molecule is COc1ccc(CCc2cc3cc(Br)ccc3o2)cc1. The fraction of sp³-hybridized carbons (Fsp3) is 0.176. The van der Waals surface area contributed by atoms with Gasteiger partial charge in [0.2, 0.25) is 0 Å². The number of hydrogen-bond donors (Lipinski definition) is 0. The van der Waals surface area contributed by atoms with Crippen molar-refractivity contribution in [2.24, 2.45) is 0 Å². The molecular formula is C17H15BrO2. The Bertz CT molecular complexity index is 713. The van der Waals surface area contributed by atoms with E-state index in [-0.39, 0.29) is 0 Å². The molecule has 2 nitrogen and oxygen atoms in total. The molecule has 102 valence electrons. The Morgan fingerprint density at radius 3 is 2.55 bits per heavy atom. The molecule has 0 saturated heterocycles. The molecule has 0 aliphatic rings. The van der Waals surface area contributed by atoms with Crippen molar-refractivity contribution in [3.63, 3.8) is 0 Å². The first-order valence-corrected chi connectivity index (χ1v) is 7.35. The van der Waals surface area contributed by atoms with Crippen LogP contribution >= 0.6 is 15.9 Å². The Hall–Kier alpha value is -1.74. The van der Waals surface area contributed by atoms with Gasteiger partial charge in [0.25, 0.3) is 0 Å². The Morgan fingerprint density at radius 1 is 1.00 bits per heavy atom. The van der Waals surface area contributed by atoms with Gasteiger partial charge in [0.15, 0.2) is 0 Å². The van der Waals surface area contributed by atoms with Gasteiger partial charge in [-0.05, 0) is 48.4 Å². The van der Waals surface area contributed by atoms with Crippen LogP contribution in [0.5, 0.6) is 5.75 Å². The number of ether oxygens (including phenoxy) is 1. The molecule has 1 aromatic heterocycles. The molecule has 0 aliphatic carbocycles. The molecule has 0 radical (unpaired) electrons. The maximum atomic E-state index is 5.84. The normalized spacial score (nSPS) is 10.9. The Morgan fingerprint density at radius 2 is 1.80 bits per heavy atom. The van der Waals surface area contributed by atoms with Crippen LogP contribution in [0.4, 0.5) is 0 Å². The Kier molecular flexibility index (Phi) is 3.79. The van der Waals surface area contributed by atoms with Gasteiger partial charge in [-0.1, -0.05) is 28.1 Å². The largest absolute Gasteiger partial charge is 0.497 e. The third-order valence-electron chi connectivity index (χ3n) is 3.35. The van der Waals surface area contributed by atoms with Crippen molar-refractivity contribution in [1.82, 2.24) is 0 Å². The number of methoxy groups -OCH3 is 1. The van der Waals surface area contributed by atoms with Gasteiger partial charge in [0.05, 0.1) is 7.11 Å². The highest BCUT2D eigenvalue weighted by atomic mass is 79.9. The van der Waals surface area contributed by atoms with E-state index in [1.807, 2.05) is 24.3 Å². The lowest BCUT2D eigenvalue weighted by Crippen LogP contribution is -1.90. The molecule has 3 aromatic rings. The summed E-state index contributed by atoms with van der Waals surface area (Å²) in [5.74, 6) is 1.91. The van der Waals surface area contributed by atoms with Crippen LogP contribution in [0.25, 0.3) is 11.0 Å². The smallest absolute Gasteiger partial charge is 0.134 e. The van der Waals surface area contributed by atoms with Gasteiger partial charge < -0.3 is 9.15 Å². The van der Waals surface area contributed by atoms with Crippen LogP contribution in [0.15, 0.2) is 57.4 Å². The fourth-order valence-corrected chi connectivity index (χ4v) is 2.63. The quantitative estimate of drug-likeness (QED) is 0.672. The molecule has 2 aromatic carbocycles. The molecule has 1 heterocycles. The van der Waals surface area contributed by atoms with Gasteiger partial charge in [0, 0.05) is 16.3 Å². The summed E-state index contributed by atoms with van der Waals surface area (Å²) in [4.78, 5) is 0. The third-order valence-corrected chi connectivity index (χ3v) is 3.84. The molecule has 0 unspecified atom stereocenters. The summed E-state index contributed by atoms with van der Waals surface area (Å²) < 4.78 is 12.1. The third kappa shape index (κ3) is 2.88. The zero-order valence-electron chi connectivity index (χ0n) is 11.2. The lowest BCUT2D eigenvalue weighted by Gasteiger charge is -2.02. The van der Waals surface area contributed by atoms with E-state index in [9.17, 15) is 0 Å². The van der Waals surface area contributed by atoms with Gasteiger partial charge >= 0.3 is 0 Å². The molecule has 0 aliphatic heterocycles. The summed E-state index contributed by atoms with van der Waals surface area (Å²) in [7, 11) is 1.68. The van der Waals surface area contributed by atoms with Crippen molar-refractivity contribution in [3.8, 4) is 5.75 Å². The number of halogens is 1. The van der Waals surface area contributed by atoms with Crippen LogP contribution in [0.1, 0.15) is 11.3 Å². The fourth-order valence-electron chi connectivity index (χ4n) is 2.25. The summed E-state index contributed by atoms with van der Waals surface area (Å²) in [6.45, 7) is 0. The maximum Gasteiger partial charge on any atom is 0.134 e. The Labute approximate surface area is 126 Å². The first-order chi connectivity index (χ1) is 9.74. The summed E-state index contributed by atoms with van der Waals surface area (Å²) >= 11 is 3.48. The van der Waals surface area contributed by atoms with Crippen molar-refractivity contribution in [2.75, 3.05) is 7.11 Å². The number of benzene rings is 2. The van der Waals surface area contributed by atoms with Crippen LogP contribution < -0.4 is 4.74 Å². The van der Waals surface area contributed by atoms with Gasteiger partial charge in [-0.3, -0.25) is 0 Å². The molecule has 0 bridgehead atoms. The number of fused-ring (bicyclic) bond motifs is 1. The second kappa shape index (κ2) is 5.71.